The number of benzene rings is 2. The van der Waals surface area contributed by atoms with E-state index in [1.807, 2.05) is 54.6 Å². The van der Waals surface area contributed by atoms with Crippen molar-refractivity contribution in [2.75, 3.05) is 7.11 Å². The van der Waals surface area contributed by atoms with E-state index in [0.29, 0.717) is 22.1 Å². The fraction of sp³-hybridized carbons (Fsp3) is 0.158. The van der Waals surface area contributed by atoms with E-state index in [0.717, 1.165) is 5.56 Å². The molecule has 1 aliphatic heterocycles. The van der Waals surface area contributed by atoms with Crippen LogP contribution in [0.5, 0.6) is 5.75 Å². The first-order valence-corrected chi connectivity index (χ1v) is 8.01. The SMILES string of the molecule is C=C1NC(=S)N[C@H](c2ccccc2OC)[C@H]1C(=O)c1ccccc1. The van der Waals surface area contributed by atoms with Gasteiger partial charge in [0.25, 0.3) is 0 Å². The fourth-order valence-electron chi connectivity index (χ4n) is 2.96. The second-order valence-corrected chi connectivity index (χ2v) is 5.96. The number of Topliss-reactive ketones (excluding diaryl/α,β-unsaturated/α-hetero) is 1. The van der Waals surface area contributed by atoms with Crippen molar-refractivity contribution in [2.45, 2.75) is 6.04 Å². The van der Waals surface area contributed by atoms with Crippen LogP contribution in [-0.2, 0) is 0 Å². The summed E-state index contributed by atoms with van der Waals surface area (Å²) in [7, 11) is 1.61. The number of para-hydroxylation sites is 1. The lowest BCUT2D eigenvalue weighted by Crippen LogP contribution is -2.50. The first-order chi connectivity index (χ1) is 11.6. The zero-order valence-electron chi connectivity index (χ0n) is 13.3. The Bertz CT molecular complexity index is 789. The monoisotopic (exact) mass is 338 g/mol. The molecule has 24 heavy (non-hydrogen) atoms. The quantitative estimate of drug-likeness (QED) is 0.662. The van der Waals surface area contributed by atoms with Crippen molar-refractivity contribution >= 4 is 23.1 Å². The molecule has 1 aliphatic rings. The molecule has 0 aromatic heterocycles. The van der Waals surface area contributed by atoms with Crippen LogP contribution in [0, 0.1) is 5.92 Å². The average molecular weight is 338 g/mol. The van der Waals surface area contributed by atoms with Gasteiger partial charge in [0.15, 0.2) is 10.9 Å². The number of carbonyl (C=O) groups excluding carboxylic acids is 1. The Hall–Kier alpha value is -2.66. The minimum atomic E-state index is -0.490. The predicted octanol–water partition coefficient (Wildman–Crippen LogP) is 3.23. The maximum Gasteiger partial charge on any atom is 0.174 e. The summed E-state index contributed by atoms with van der Waals surface area (Å²) in [5.41, 5.74) is 2.10. The summed E-state index contributed by atoms with van der Waals surface area (Å²) >= 11 is 5.26. The van der Waals surface area contributed by atoms with E-state index in [2.05, 4.69) is 17.2 Å². The van der Waals surface area contributed by atoms with Gasteiger partial charge in [0.2, 0.25) is 0 Å². The summed E-state index contributed by atoms with van der Waals surface area (Å²) in [6.07, 6.45) is 0. The third-order valence-corrected chi connectivity index (χ3v) is 4.30. The Kier molecular flexibility index (Phi) is 4.62. The number of carbonyl (C=O) groups is 1. The van der Waals surface area contributed by atoms with Gasteiger partial charge in [-0.05, 0) is 18.3 Å². The second kappa shape index (κ2) is 6.84. The van der Waals surface area contributed by atoms with Crippen molar-refractivity contribution in [1.82, 2.24) is 10.6 Å². The van der Waals surface area contributed by atoms with Crippen LogP contribution < -0.4 is 15.4 Å². The summed E-state index contributed by atoms with van der Waals surface area (Å²) in [6, 6.07) is 16.5. The summed E-state index contributed by atoms with van der Waals surface area (Å²) < 4.78 is 5.46. The smallest absolute Gasteiger partial charge is 0.174 e. The van der Waals surface area contributed by atoms with Crippen molar-refractivity contribution in [3.8, 4) is 5.75 Å². The Morgan fingerprint density at radius 3 is 2.50 bits per heavy atom. The Morgan fingerprint density at radius 1 is 1.12 bits per heavy atom. The summed E-state index contributed by atoms with van der Waals surface area (Å²) in [5.74, 6) is 0.202. The number of hydrogen-bond donors (Lipinski definition) is 2. The van der Waals surface area contributed by atoms with Gasteiger partial charge in [0, 0.05) is 16.8 Å². The third-order valence-electron chi connectivity index (χ3n) is 4.08. The number of ether oxygens (including phenoxy) is 1. The van der Waals surface area contributed by atoms with Crippen LogP contribution in [0.3, 0.4) is 0 Å². The first-order valence-electron chi connectivity index (χ1n) is 7.60. The molecule has 0 amide bonds. The van der Waals surface area contributed by atoms with Crippen LogP contribution >= 0.6 is 12.2 Å². The molecule has 0 spiro atoms. The molecule has 2 atom stereocenters. The molecular formula is C19H18N2O2S. The molecular weight excluding hydrogens is 320 g/mol. The normalized spacial score (nSPS) is 20.0. The van der Waals surface area contributed by atoms with E-state index in [1.165, 1.54) is 0 Å². The van der Waals surface area contributed by atoms with Gasteiger partial charge >= 0.3 is 0 Å². The van der Waals surface area contributed by atoms with Crippen molar-refractivity contribution in [3.63, 3.8) is 0 Å². The van der Waals surface area contributed by atoms with E-state index in [-0.39, 0.29) is 11.8 Å². The van der Waals surface area contributed by atoms with Gasteiger partial charge in [0.05, 0.1) is 19.1 Å². The number of ketones is 1. The maximum absolute atomic E-state index is 13.1. The van der Waals surface area contributed by atoms with Crippen LogP contribution in [-0.4, -0.2) is 18.0 Å². The molecule has 5 heteroatoms. The first kappa shape index (κ1) is 16.2. The van der Waals surface area contributed by atoms with Gasteiger partial charge in [-0.3, -0.25) is 4.79 Å². The average Bonchev–Trinajstić information content (AvgIpc) is 2.61. The van der Waals surface area contributed by atoms with Crippen molar-refractivity contribution in [2.24, 2.45) is 5.92 Å². The third kappa shape index (κ3) is 3.03. The molecule has 122 valence electrons. The zero-order valence-corrected chi connectivity index (χ0v) is 14.1. The van der Waals surface area contributed by atoms with Crippen molar-refractivity contribution in [1.29, 1.82) is 0 Å². The van der Waals surface area contributed by atoms with Crippen LogP contribution in [0.25, 0.3) is 0 Å². The highest BCUT2D eigenvalue weighted by Crippen LogP contribution is 2.36. The largest absolute Gasteiger partial charge is 0.496 e. The van der Waals surface area contributed by atoms with Crippen LogP contribution in [0.2, 0.25) is 0 Å². The number of methoxy groups -OCH3 is 1. The molecule has 0 aliphatic carbocycles. The van der Waals surface area contributed by atoms with Crippen LogP contribution in [0.4, 0.5) is 0 Å². The molecule has 2 N–H and O–H groups in total. The number of hydrogen-bond acceptors (Lipinski definition) is 3. The zero-order chi connectivity index (χ0) is 17.1. The molecule has 1 fully saturated rings. The summed E-state index contributed by atoms with van der Waals surface area (Å²) in [4.78, 5) is 13.1. The second-order valence-electron chi connectivity index (χ2n) is 5.55. The molecule has 0 unspecified atom stereocenters. The van der Waals surface area contributed by atoms with E-state index >= 15 is 0 Å². The lowest BCUT2D eigenvalue weighted by molar-refractivity contribution is 0.0911. The summed E-state index contributed by atoms with van der Waals surface area (Å²) in [5, 5.41) is 6.63. The predicted molar refractivity (Wildman–Crippen MR) is 98.0 cm³/mol. The van der Waals surface area contributed by atoms with Gasteiger partial charge in [0.1, 0.15) is 5.75 Å². The highest BCUT2D eigenvalue weighted by Gasteiger charge is 2.38. The fourth-order valence-corrected chi connectivity index (χ4v) is 3.22. The van der Waals surface area contributed by atoms with E-state index in [4.69, 9.17) is 17.0 Å². The molecule has 1 saturated heterocycles. The van der Waals surface area contributed by atoms with E-state index in [1.54, 1.807) is 7.11 Å². The van der Waals surface area contributed by atoms with Crippen LogP contribution in [0.15, 0.2) is 66.9 Å². The van der Waals surface area contributed by atoms with Crippen LogP contribution in [0.1, 0.15) is 22.0 Å². The standard InChI is InChI=1S/C19H18N2O2S/c1-12-16(18(22)13-8-4-3-5-9-13)17(21-19(24)20-12)14-10-6-7-11-15(14)23-2/h3-11,16-17H,1H2,2H3,(H2,20,21,24)/t16-,17+/m0/s1. The number of nitrogens with one attached hydrogen (secondary N) is 2. The molecule has 2 aromatic carbocycles. The highest BCUT2D eigenvalue weighted by atomic mass is 32.1. The van der Waals surface area contributed by atoms with Gasteiger partial charge in [-0.1, -0.05) is 55.1 Å². The number of thiocarbonyl (C=S) groups is 1. The molecule has 2 aromatic rings. The van der Waals surface area contributed by atoms with E-state index < -0.39 is 5.92 Å². The van der Waals surface area contributed by atoms with Crippen molar-refractivity contribution < 1.29 is 9.53 Å². The minimum absolute atomic E-state index is 0.0148. The molecule has 4 nitrogen and oxygen atoms in total. The minimum Gasteiger partial charge on any atom is -0.496 e. The topological polar surface area (TPSA) is 50.4 Å². The number of rotatable bonds is 4. The van der Waals surface area contributed by atoms with Gasteiger partial charge in [-0.15, -0.1) is 0 Å². The van der Waals surface area contributed by atoms with Gasteiger partial charge in [-0.25, -0.2) is 0 Å². The lowest BCUT2D eigenvalue weighted by atomic mass is 9.83. The van der Waals surface area contributed by atoms with Crippen molar-refractivity contribution in [3.05, 3.63) is 78.0 Å². The Morgan fingerprint density at radius 2 is 1.79 bits per heavy atom. The molecule has 3 rings (SSSR count). The molecule has 1 heterocycles. The molecule has 0 saturated carbocycles. The summed E-state index contributed by atoms with van der Waals surface area (Å²) in [6.45, 7) is 4.02. The Balaban J connectivity index is 2.05. The van der Waals surface area contributed by atoms with E-state index in [9.17, 15) is 4.79 Å². The lowest BCUT2D eigenvalue weighted by Gasteiger charge is -2.36. The van der Waals surface area contributed by atoms with Gasteiger partial charge in [-0.2, -0.15) is 0 Å². The highest BCUT2D eigenvalue weighted by molar-refractivity contribution is 7.80. The maximum atomic E-state index is 13.1. The molecule has 0 radical (unpaired) electrons. The molecule has 0 bridgehead atoms. The Labute approximate surface area is 146 Å². The van der Waals surface area contributed by atoms with Gasteiger partial charge < -0.3 is 15.4 Å².